The Kier molecular flexibility index (Phi) is 3.97. The zero-order chi connectivity index (χ0) is 15.0. The fraction of sp³-hybridized carbons (Fsp3) is 0.462. The Balaban J connectivity index is 2.16. The van der Waals surface area contributed by atoms with Crippen LogP contribution in [0, 0.1) is 5.41 Å². The molecule has 7 heteroatoms. The van der Waals surface area contributed by atoms with Gasteiger partial charge in [-0.15, -0.1) is 0 Å². The average molecular weight is 307 g/mol. The summed E-state index contributed by atoms with van der Waals surface area (Å²) in [6, 6.07) is 2.89. The predicted octanol–water partition coefficient (Wildman–Crippen LogP) is 3.30. The van der Waals surface area contributed by atoms with Crippen LogP contribution < -0.4 is 10.6 Å². The first-order chi connectivity index (χ1) is 9.22. The second-order valence-corrected chi connectivity index (χ2v) is 5.54. The molecule has 1 atom stereocenters. The second kappa shape index (κ2) is 5.26. The highest BCUT2D eigenvalue weighted by Crippen LogP contribution is 2.34. The summed E-state index contributed by atoms with van der Waals surface area (Å²) in [6.07, 6.45) is -3.77. The summed E-state index contributed by atoms with van der Waals surface area (Å²) in [4.78, 5) is 12.1. The highest BCUT2D eigenvalue weighted by atomic mass is 35.5. The monoisotopic (exact) mass is 306 g/mol. The number of carbonyl (C=O) groups is 1. The van der Waals surface area contributed by atoms with Crippen LogP contribution in [0.1, 0.15) is 18.9 Å². The molecule has 1 fully saturated rings. The molecule has 2 rings (SSSR count). The molecule has 0 radical (unpaired) electrons. The maximum absolute atomic E-state index is 12.5. The van der Waals surface area contributed by atoms with E-state index in [1.54, 1.807) is 6.92 Å². The van der Waals surface area contributed by atoms with Gasteiger partial charge >= 0.3 is 6.18 Å². The third kappa shape index (κ3) is 3.07. The molecule has 0 aromatic heterocycles. The number of carbonyl (C=O) groups excluding carboxylic acids is 1. The van der Waals surface area contributed by atoms with Gasteiger partial charge in [-0.2, -0.15) is 13.2 Å². The number of rotatable bonds is 2. The van der Waals surface area contributed by atoms with Crippen LogP contribution in [0.2, 0.25) is 5.02 Å². The van der Waals surface area contributed by atoms with Crippen LogP contribution in [-0.2, 0) is 11.0 Å². The number of alkyl halides is 3. The molecule has 0 bridgehead atoms. The molecule has 1 saturated heterocycles. The number of benzene rings is 1. The summed E-state index contributed by atoms with van der Waals surface area (Å²) in [7, 11) is 0. The molecule has 0 aliphatic carbocycles. The minimum absolute atomic E-state index is 0.122. The molecule has 1 amide bonds. The molecular formula is C13H14ClF3N2O. The Morgan fingerprint density at radius 2 is 2.15 bits per heavy atom. The van der Waals surface area contributed by atoms with Crippen LogP contribution >= 0.6 is 11.6 Å². The number of hydrogen-bond acceptors (Lipinski definition) is 2. The van der Waals surface area contributed by atoms with Gasteiger partial charge in [-0.05, 0) is 38.1 Å². The van der Waals surface area contributed by atoms with Crippen molar-refractivity contribution in [2.45, 2.75) is 19.5 Å². The van der Waals surface area contributed by atoms with E-state index >= 15 is 0 Å². The minimum atomic E-state index is -4.45. The topological polar surface area (TPSA) is 41.1 Å². The third-order valence-electron chi connectivity index (χ3n) is 3.46. The van der Waals surface area contributed by atoms with Gasteiger partial charge in [-0.3, -0.25) is 4.79 Å². The lowest BCUT2D eigenvalue weighted by Gasteiger charge is -2.22. The van der Waals surface area contributed by atoms with E-state index < -0.39 is 17.2 Å². The summed E-state index contributed by atoms with van der Waals surface area (Å²) in [6.45, 7) is 3.09. The van der Waals surface area contributed by atoms with E-state index in [0.29, 0.717) is 13.0 Å². The van der Waals surface area contributed by atoms with E-state index in [1.165, 1.54) is 6.07 Å². The van der Waals surface area contributed by atoms with Crippen molar-refractivity contribution in [1.29, 1.82) is 0 Å². The largest absolute Gasteiger partial charge is 0.416 e. The van der Waals surface area contributed by atoms with Gasteiger partial charge in [-0.25, -0.2) is 0 Å². The number of nitrogens with one attached hydrogen (secondary N) is 2. The fourth-order valence-corrected chi connectivity index (χ4v) is 2.30. The second-order valence-electron chi connectivity index (χ2n) is 5.13. The molecular weight excluding hydrogens is 293 g/mol. The molecule has 0 spiro atoms. The molecule has 1 aromatic carbocycles. The van der Waals surface area contributed by atoms with Crippen LogP contribution in [0.25, 0.3) is 0 Å². The highest BCUT2D eigenvalue weighted by Gasteiger charge is 2.37. The van der Waals surface area contributed by atoms with Crippen LogP contribution in [0.4, 0.5) is 18.9 Å². The van der Waals surface area contributed by atoms with E-state index in [4.69, 9.17) is 11.6 Å². The number of halogens is 4. The van der Waals surface area contributed by atoms with E-state index in [-0.39, 0.29) is 16.6 Å². The van der Waals surface area contributed by atoms with Gasteiger partial charge in [0.25, 0.3) is 0 Å². The Hall–Kier alpha value is -1.27. The summed E-state index contributed by atoms with van der Waals surface area (Å²) >= 11 is 5.80. The SMILES string of the molecule is CC1(C(=O)Nc2ccc(C(F)(F)F)cc2Cl)CCNC1. The van der Waals surface area contributed by atoms with Crippen molar-refractivity contribution in [2.75, 3.05) is 18.4 Å². The molecule has 1 heterocycles. The first-order valence-electron chi connectivity index (χ1n) is 6.11. The van der Waals surface area contributed by atoms with Crippen LogP contribution in [-0.4, -0.2) is 19.0 Å². The van der Waals surface area contributed by atoms with Gasteiger partial charge < -0.3 is 10.6 Å². The van der Waals surface area contributed by atoms with Gasteiger partial charge in [0.1, 0.15) is 0 Å². The lowest BCUT2D eigenvalue weighted by atomic mass is 9.88. The first-order valence-corrected chi connectivity index (χ1v) is 6.49. The van der Waals surface area contributed by atoms with Crippen molar-refractivity contribution in [3.8, 4) is 0 Å². The lowest BCUT2D eigenvalue weighted by Crippen LogP contribution is -2.35. The lowest BCUT2D eigenvalue weighted by molar-refractivity contribution is -0.137. The third-order valence-corrected chi connectivity index (χ3v) is 3.77. The summed E-state index contributed by atoms with van der Waals surface area (Å²) in [5.41, 5.74) is -1.21. The molecule has 2 N–H and O–H groups in total. The molecule has 1 aliphatic rings. The Morgan fingerprint density at radius 1 is 1.45 bits per heavy atom. The highest BCUT2D eigenvalue weighted by molar-refractivity contribution is 6.33. The van der Waals surface area contributed by atoms with Crippen LogP contribution in [0.5, 0.6) is 0 Å². The Bertz CT molecular complexity index is 525. The quantitative estimate of drug-likeness (QED) is 0.880. The van der Waals surface area contributed by atoms with Gasteiger partial charge in [0.2, 0.25) is 5.91 Å². The molecule has 1 aromatic rings. The van der Waals surface area contributed by atoms with Gasteiger partial charge in [0.15, 0.2) is 0 Å². The summed E-state index contributed by atoms with van der Waals surface area (Å²) in [5, 5.41) is 5.55. The molecule has 1 aliphatic heterocycles. The molecule has 110 valence electrons. The zero-order valence-electron chi connectivity index (χ0n) is 10.8. The summed E-state index contributed by atoms with van der Waals surface area (Å²) < 4.78 is 37.5. The van der Waals surface area contributed by atoms with E-state index in [2.05, 4.69) is 10.6 Å². The van der Waals surface area contributed by atoms with Crippen molar-refractivity contribution < 1.29 is 18.0 Å². The fourth-order valence-electron chi connectivity index (χ4n) is 2.08. The van der Waals surface area contributed by atoms with Crippen molar-refractivity contribution in [1.82, 2.24) is 5.32 Å². The van der Waals surface area contributed by atoms with Crippen molar-refractivity contribution in [2.24, 2.45) is 5.41 Å². The zero-order valence-corrected chi connectivity index (χ0v) is 11.5. The van der Waals surface area contributed by atoms with Gasteiger partial charge in [-0.1, -0.05) is 11.6 Å². The van der Waals surface area contributed by atoms with Gasteiger partial charge in [0.05, 0.1) is 21.7 Å². The molecule has 3 nitrogen and oxygen atoms in total. The van der Waals surface area contributed by atoms with E-state index in [0.717, 1.165) is 18.7 Å². The average Bonchev–Trinajstić information content (AvgIpc) is 2.78. The number of hydrogen-bond donors (Lipinski definition) is 2. The van der Waals surface area contributed by atoms with E-state index in [1.807, 2.05) is 0 Å². The molecule has 0 saturated carbocycles. The molecule has 1 unspecified atom stereocenters. The standard InChI is InChI=1S/C13H14ClF3N2O/c1-12(4-5-18-7-12)11(20)19-10-3-2-8(6-9(10)14)13(15,16)17/h2-3,6,18H,4-5,7H2,1H3,(H,19,20). The molecule has 20 heavy (non-hydrogen) atoms. The van der Waals surface area contributed by atoms with Crippen molar-refractivity contribution in [3.05, 3.63) is 28.8 Å². The van der Waals surface area contributed by atoms with Crippen molar-refractivity contribution in [3.63, 3.8) is 0 Å². The van der Waals surface area contributed by atoms with E-state index in [9.17, 15) is 18.0 Å². The maximum atomic E-state index is 12.5. The van der Waals surface area contributed by atoms with Crippen molar-refractivity contribution >= 4 is 23.2 Å². The Morgan fingerprint density at radius 3 is 2.65 bits per heavy atom. The summed E-state index contributed by atoms with van der Waals surface area (Å²) in [5.74, 6) is -0.246. The smallest absolute Gasteiger partial charge is 0.324 e. The number of anilines is 1. The number of amides is 1. The predicted molar refractivity (Wildman–Crippen MR) is 70.7 cm³/mol. The minimum Gasteiger partial charge on any atom is -0.324 e. The van der Waals surface area contributed by atoms with Crippen LogP contribution in [0.3, 0.4) is 0 Å². The first kappa shape index (κ1) is 15.1. The van der Waals surface area contributed by atoms with Gasteiger partial charge in [0, 0.05) is 6.54 Å². The Labute approximate surface area is 119 Å². The van der Waals surface area contributed by atoms with Crippen LogP contribution in [0.15, 0.2) is 18.2 Å². The normalized spacial score (nSPS) is 22.9. The maximum Gasteiger partial charge on any atom is 0.416 e.